The fourth-order valence-electron chi connectivity index (χ4n) is 2.85. The Morgan fingerprint density at radius 2 is 1.93 bits per heavy atom. The smallest absolute Gasteiger partial charge is 0.387 e. The Hall–Kier alpha value is -2.68. The molecule has 0 unspecified atom stereocenters. The van der Waals surface area contributed by atoms with Crippen molar-refractivity contribution in [1.29, 1.82) is 0 Å². The van der Waals surface area contributed by atoms with Gasteiger partial charge in [0, 0.05) is 12.3 Å². The van der Waals surface area contributed by atoms with Crippen LogP contribution >= 0.6 is 11.8 Å². The van der Waals surface area contributed by atoms with Gasteiger partial charge in [-0.25, -0.2) is 4.39 Å². The summed E-state index contributed by atoms with van der Waals surface area (Å²) < 4.78 is 42.3. The maximum atomic E-state index is 13.8. The van der Waals surface area contributed by atoms with Gasteiger partial charge in [0.2, 0.25) is 11.8 Å². The summed E-state index contributed by atoms with van der Waals surface area (Å²) in [6.45, 7) is -2.71. The molecule has 0 bridgehead atoms. The molecule has 3 rings (SSSR count). The van der Waals surface area contributed by atoms with E-state index in [1.165, 1.54) is 30.0 Å². The first-order valence-electron chi connectivity index (χ1n) is 8.89. The first-order chi connectivity index (χ1) is 13.9. The summed E-state index contributed by atoms with van der Waals surface area (Å²) in [7, 11) is 0. The third-order valence-electron chi connectivity index (χ3n) is 4.37. The molecule has 1 fully saturated rings. The van der Waals surface area contributed by atoms with Crippen LogP contribution in [0.4, 0.5) is 13.2 Å². The minimum atomic E-state index is -2.89. The average molecular weight is 424 g/mol. The molecule has 1 heterocycles. The Bertz CT molecular complexity index is 864. The van der Waals surface area contributed by atoms with Crippen molar-refractivity contribution >= 4 is 23.6 Å². The van der Waals surface area contributed by atoms with Crippen LogP contribution in [0.1, 0.15) is 11.1 Å². The molecule has 0 aliphatic carbocycles. The van der Waals surface area contributed by atoms with E-state index in [1.54, 1.807) is 30.3 Å². The summed E-state index contributed by atoms with van der Waals surface area (Å²) in [6.07, 6.45) is 0.255. The first-order valence-corrected chi connectivity index (χ1v) is 9.94. The molecule has 0 aromatic heterocycles. The number of carbonyl (C=O) groups excluding carboxylic acids is 2. The van der Waals surface area contributed by atoms with Crippen LogP contribution in [0, 0.1) is 5.82 Å². The van der Waals surface area contributed by atoms with Gasteiger partial charge in [-0.15, -0.1) is 11.8 Å². The van der Waals surface area contributed by atoms with Gasteiger partial charge in [0.05, 0.1) is 5.25 Å². The third-order valence-corrected chi connectivity index (χ3v) is 5.68. The zero-order valence-electron chi connectivity index (χ0n) is 15.2. The molecule has 5 nitrogen and oxygen atoms in total. The molecule has 0 saturated carbocycles. The normalized spacial score (nSPS) is 19.0. The second-order valence-corrected chi connectivity index (χ2v) is 7.65. The van der Waals surface area contributed by atoms with Crippen LogP contribution in [0.2, 0.25) is 0 Å². The van der Waals surface area contributed by atoms with Gasteiger partial charge in [0.15, 0.2) is 0 Å². The van der Waals surface area contributed by atoms with Gasteiger partial charge in [0.25, 0.3) is 0 Å². The minimum Gasteiger partial charge on any atom is -0.435 e. The lowest BCUT2D eigenvalue weighted by Crippen LogP contribution is -2.54. The third kappa shape index (κ3) is 5.90. The van der Waals surface area contributed by atoms with Crippen LogP contribution in [0.15, 0.2) is 48.5 Å². The lowest BCUT2D eigenvalue weighted by Gasteiger charge is -2.28. The fraction of sp³-hybridized carbons (Fsp3) is 0.300. The number of benzene rings is 2. The molecule has 0 radical (unpaired) electrons. The predicted octanol–water partition coefficient (Wildman–Crippen LogP) is 2.89. The van der Waals surface area contributed by atoms with Gasteiger partial charge < -0.3 is 15.4 Å². The molecule has 2 N–H and O–H groups in total. The van der Waals surface area contributed by atoms with Crippen molar-refractivity contribution in [3.05, 3.63) is 65.5 Å². The van der Waals surface area contributed by atoms with E-state index in [0.29, 0.717) is 16.9 Å². The van der Waals surface area contributed by atoms with Gasteiger partial charge in [0.1, 0.15) is 17.6 Å². The van der Waals surface area contributed by atoms with Crippen molar-refractivity contribution < 1.29 is 27.5 Å². The summed E-state index contributed by atoms with van der Waals surface area (Å²) in [5.41, 5.74) is 1.16. The van der Waals surface area contributed by atoms with Gasteiger partial charge in [-0.3, -0.25) is 9.59 Å². The molecule has 2 aromatic rings. The van der Waals surface area contributed by atoms with Crippen LogP contribution in [-0.2, 0) is 22.6 Å². The number of carbonyl (C=O) groups is 2. The zero-order valence-corrected chi connectivity index (χ0v) is 16.1. The SMILES string of the molecule is O=C(NCc1ccc(OC(F)F)cc1)[C@H]1CS[C@H](Cc2ccccc2F)C(=O)N1. The van der Waals surface area contributed by atoms with Crippen molar-refractivity contribution in [2.45, 2.75) is 30.9 Å². The summed E-state index contributed by atoms with van der Waals surface area (Å²) in [5.74, 6) is -0.600. The minimum absolute atomic E-state index is 0.0342. The summed E-state index contributed by atoms with van der Waals surface area (Å²) in [5, 5.41) is 4.92. The number of amides is 2. The Morgan fingerprint density at radius 1 is 1.21 bits per heavy atom. The molecular formula is C20H19F3N2O3S. The summed E-state index contributed by atoms with van der Waals surface area (Å²) in [4.78, 5) is 24.6. The van der Waals surface area contributed by atoms with Crippen molar-refractivity contribution in [2.75, 3.05) is 5.75 Å². The Balaban J connectivity index is 1.48. The van der Waals surface area contributed by atoms with E-state index in [2.05, 4.69) is 15.4 Å². The van der Waals surface area contributed by atoms with E-state index in [9.17, 15) is 22.8 Å². The number of thioether (sulfide) groups is 1. The van der Waals surface area contributed by atoms with Crippen LogP contribution in [0.25, 0.3) is 0 Å². The molecule has 9 heteroatoms. The van der Waals surface area contributed by atoms with Gasteiger partial charge in [-0.2, -0.15) is 8.78 Å². The van der Waals surface area contributed by atoms with Crippen LogP contribution in [0.3, 0.4) is 0 Å². The van der Waals surface area contributed by atoms with Crippen molar-refractivity contribution in [3.63, 3.8) is 0 Å². The largest absolute Gasteiger partial charge is 0.435 e. The molecule has 1 saturated heterocycles. The van der Waals surface area contributed by atoms with E-state index in [0.717, 1.165) is 0 Å². The van der Waals surface area contributed by atoms with Gasteiger partial charge >= 0.3 is 6.61 Å². The Kier molecular flexibility index (Phi) is 7.03. The second-order valence-electron chi connectivity index (χ2n) is 6.42. The molecule has 29 heavy (non-hydrogen) atoms. The number of halogens is 3. The molecule has 1 aliphatic rings. The number of hydrogen-bond acceptors (Lipinski definition) is 4. The number of nitrogens with one attached hydrogen (secondary N) is 2. The maximum Gasteiger partial charge on any atom is 0.387 e. The number of hydrogen-bond donors (Lipinski definition) is 2. The highest BCUT2D eigenvalue weighted by Gasteiger charge is 2.32. The maximum absolute atomic E-state index is 13.8. The average Bonchev–Trinajstić information content (AvgIpc) is 2.70. The molecular weight excluding hydrogens is 405 g/mol. The highest BCUT2D eigenvalue weighted by atomic mass is 32.2. The number of alkyl halides is 2. The fourth-order valence-corrected chi connectivity index (χ4v) is 4.03. The van der Waals surface area contributed by atoms with E-state index >= 15 is 0 Å². The van der Waals surface area contributed by atoms with Crippen LogP contribution in [-0.4, -0.2) is 35.5 Å². The molecule has 2 amide bonds. The molecule has 2 atom stereocenters. The Labute approximate surface area is 170 Å². The lowest BCUT2D eigenvalue weighted by atomic mass is 10.1. The molecule has 1 aliphatic heterocycles. The summed E-state index contributed by atoms with van der Waals surface area (Å²) >= 11 is 1.31. The molecule has 154 valence electrons. The Morgan fingerprint density at radius 3 is 2.59 bits per heavy atom. The molecule has 0 spiro atoms. The van der Waals surface area contributed by atoms with Crippen molar-refractivity contribution in [1.82, 2.24) is 10.6 Å². The van der Waals surface area contributed by atoms with E-state index < -0.39 is 17.9 Å². The van der Waals surface area contributed by atoms with Crippen LogP contribution in [0.5, 0.6) is 5.75 Å². The first kappa shape index (κ1) is 21.0. The summed E-state index contributed by atoms with van der Waals surface area (Å²) in [6, 6.07) is 11.5. The number of rotatable bonds is 7. The van der Waals surface area contributed by atoms with E-state index in [4.69, 9.17) is 0 Å². The van der Waals surface area contributed by atoms with Crippen molar-refractivity contribution in [2.24, 2.45) is 0 Å². The van der Waals surface area contributed by atoms with Crippen molar-refractivity contribution in [3.8, 4) is 5.75 Å². The zero-order chi connectivity index (χ0) is 20.8. The second kappa shape index (κ2) is 9.69. The van der Waals surface area contributed by atoms with Crippen LogP contribution < -0.4 is 15.4 Å². The highest BCUT2D eigenvalue weighted by molar-refractivity contribution is 8.00. The lowest BCUT2D eigenvalue weighted by molar-refractivity contribution is -0.128. The molecule has 2 aromatic carbocycles. The van der Waals surface area contributed by atoms with Gasteiger partial charge in [-0.1, -0.05) is 30.3 Å². The van der Waals surface area contributed by atoms with E-state index in [1.807, 2.05) is 0 Å². The number of ether oxygens (including phenoxy) is 1. The topological polar surface area (TPSA) is 67.4 Å². The van der Waals surface area contributed by atoms with E-state index in [-0.39, 0.29) is 36.3 Å². The predicted molar refractivity (Wildman–Crippen MR) is 103 cm³/mol. The highest BCUT2D eigenvalue weighted by Crippen LogP contribution is 2.23. The quantitative estimate of drug-likeness (QED) is 0.717. The monoisotopic (exact) mass is 424 g/mol. The standard InChI is InChI=1S/C20H19F3N2O3S/c21-15-4-2-1-3-13(15)9-17-19(27)25-16(11-29-17)18(26)24-10-12-5-7-14(8-6-12)28-20(22)23/h1-8,16-17,20H,9-11H2,(H,24,26)(H,25,27)/t16-,17-/m1/s1. The van der Waals surface area contributed by atoms with Gasteiger partial charge in [-0.05, 0) is 35.7 Å².